The van der Waals surface area contributed by atoms with Crippen molar-refractivity contribution in [2.75, 3.05) is 42.7 Å². The van der Waals surface area contributed by atoms with Crippen molar-refractivity contribution < 1.29 is 23.9 Å². The fourth-order valence-electron chi connectivity index (χ4n) is 4.88. The molecule has 0 spiro atoms. The number of hydrogen-bond donors (Lipinski definition) is 1. The number of methoxy groups -OCH3 is 1. The van der Waals surface area contributed by atoms with Gasteiger partial charge in [-0.1, -0.05) is 13.0 Å². The van der Waals surface area contributed by atoms with E-state index >= 15 is 0 Å². The third-order valence-corrected chi connectivity index (χ3v) is 8.19. The largest absolute Gasteiger partial charge is 0.466 e. The van der Waals surface area contributed by atoms with Crippen LogP contribution in [0.2, 0.25) is 0 Å². The Bertz CT molecular complexity index is 1700. The molecule has 1 atom stereocenters. The lowest BCUT2D eigenvalue weighted by Crippen LogP contribution is -2.45. The Morgan fingerprint density at radius 1 is 1.20 bits per heavy atom. The summed E-state index contributed by atoms with van der Waals surface area (Å²) >= 11 is 1.44. The minimum absolute atomic E-state index is 0.0927. The lowest BCUT2D eigenvalue weighted by molar-refractivity contribution is -0.134. The van der Waals surface area contributed by atoms with Gasteiger partial charge in [0.25, 0.3) is 5.56 Å². The number of amides is 2. The van der Waals surface area contributed by atoms with Gasteiger partial charge in [-0.25, -0.2) is 14.4 Å². The normalized spacial score (nSPS) is 16.8. The van der Waals surface area contributed by atoms with Gasteiger partial charge in [0.15, 0.2) is 6.23 Å². The summed E-state index contributed by atoms with van der Waals surface area (Å²) in [5.41, 5.74) is 1.44. The quantitative estimate of drug-likeness (QED) is 0.315. The number of anilines is 2. The van der Waals surface area contributed by atoms with Crippen LogP contribution in [0.3, 0.4) is 0 Å². The van der Waals surface area contributed by atoms with Gasteiger partial charge in [0.1, 0.15) is 0 Å². The highest BCUT2D eigenvalue weighted by atomic mass is 32.2. The Balaban J connectivity index is 1.33. The number of carbonyl (C=O) groups excluding carboxylic acids is 3. The van der Waals surface area contributed by atoms with E-state index in [1.54, 1.807) is 37.4 Å². The molecule has 0 radical (unpaired) electrons. The number of thioether (sulfide) groups is 1. The number of ether oxygens (including phenoxy) is 2. The summed E-state index contributed by atoms with van der Waals surface area (Å²) in [4.78, 5) is 66.8. The molecule has 3 aromatic rings. The van der Waals surface area contributed by atoms with E-state index in [1.165, 1.54) is 39.0 Å². The zero-order chi connectivity index (χ0) is 29.3. The second-order valence-corrected chi connectivity index (χ2v) is 10.5. The molecule has 12 nitrogen and oxygen atoms in total. The summed E-state index contributed by atoms with van der Waals surface area (Å²) in [6.07, 6.45) is 1.71. The molecular weight excluding hydrogens is 550 g/mol. The van der Waals surface area contributed by atoms with Crippen LogP contribution in [-0.4, -0.2) is 70.7 Å². The lowest BCUT2D eigenvalue weighted by Gasteiger charge is -2.26. The number of nitrogens with one attached hydrogen (secondary N) is 1. The Labute approximate surface area is 239 Å². The smallest absolute Gasteiger partial charge is 0.416 e. The van der Waals surface area contributed by atoms with Gasteiger partial charge >= 0.3 is 17.8 Å². The van der Waals surface area contributed by atoms with E-state index in [2.05, 4.69) is 10.1 Å². The van der Waals surface area contributed by atoms with Gasteiger partial charge in [-0.3, -0.25) is 28.5 Å². The van der Waals surface area contributed by atoms with Crippen LogP contribution in [0.5, 0.6) is 0 Å². The van der Waals surface area contributed by atoms with E-state index in [9.17, 15) is 24.0 Å². The van der Waals surface area contributed by atoms with Crippen LogP contribution in [0.4, 0.5) is 16.2 Å². The number of aromatic nitrogens is 2. The molecule has 1 fully saturated rings. The maximum Gasteiger partial charge on any atom is 0.416 e. The van der Waals surface area contributed by atoms with Gasteiger partial charge in [0, 0.05) is 36.8 Å². The van der Waals surface area contributed by atoms with Crippen molar-refractivity contribution in [2.45, 2.75) is 24.6 Å². The molecule has 2 aliphatic heterocycles. The van der Waals surface area contributed by atoms with Crippen LogP contribution in [-0.2, 0) is 32.7 Å². The molecule has 0 aliphatic carbocycles. The van der Waals surface area contributed by atoms with E-state index in [0.29, 0.717) is 46.7 Å². The monoisotopic (exact) mass is 579 g/mol. The summed E-state index contributed by atoms with van der Waals surface area (Å²) in [5, 5.41) is 3.19. The maximum atomic E-state index is 13.3. The SMILES string of the molecule is CCN(CCn1c(=O)c2ccc(/C=C/C(=O)OC)cc2n(C)c1=O)C1CN(c2ccc3c(c2)NC(=O)CS3)C(=O)O1. The number of aryl methyl sites for hydroxylation is 1. The molecule has 1 aromatic heterocycles. The zero-order valence-electron chi connectivity index (χ0n) is 22.8. The van der Waals surface area contributed by atoms with Crippen molar-refractivity contribution in [1.29, 1.82) is 0 Å². The summed E-state index contributed by atoms with van der Waals surface area (Å²) in [6.45, 7) is 3.06. The summed E-state index contributed by atoms with van der Waals surface area (Å²) in [6, 6.07) is 10.4. The minimum Gasteiger partial charge on any atom is -0.466 e. The highest BCUT2D eigenvalue weighted by Gasteiger charge is 2.36. The molecule has 1 N–H and O–H groups in total. The average molecular weight is 580 g/mol. The molecule has 1 saturated heterocycles. The number of rotatable bonds is 8. The van der Waals surface area contributed by atoms with Gasteiger partial charge in [-0.15, -0.1) is 11.8 Å². The van der Waals surface area contributed by atoms with E-state index in [1.807, 2.05) is 24.0 Å². The number of fused-ring (bicyclic) bond motifs is 2. The number of benzene rings is 2. The average Bonchev–Trinajstić information content (AvgIpc) is 3.37. The van der Waals surface area contributed by atoms with Crippen LogP contribution in [0.1, 0.15) is 12.5 Å². The Hall–Kier alpha value is -4.36. The first kappa shape index (κ1) is 28.2. The van der Waals surface area contributed by atoms with Crippen LogP contribution in [0.25, 0.3) is 17.0 Å². The third-order valence-electron chi connectivity index (χ3n) is 7.12. The Morgan fingerprint density at radius 3 is 2.76 bits per heavy atom. The highest BCUT2D eigenvalue weighted by Crippen LogP contribution is 2.35. The molecule has 2 aromatic carbocycles. The number of nitrogens with zero attached hydrogens (tertiary/aromatic N) is 4. The molecule has 3 heterocycles. The molecule has 13 heteroatoms. The fraction of sp³-hybridized carbons (Fsp3) is 0.321. The van der Waals surface area contributed by atoms with Crippen molar-refractivity contribution in [2.24, 2.45) is 7.05 Å². The van der Waals surface area contributed by atoms with Crippen molar-refractivity contribution in [3.05, 3.63) is 68.9 Å². The first-order chi connectivity index (χ1) is 19.7. The fourth-order valence-corrected chi connectivity index (χ4v) is 5.67. The molecule has 1 unspecified atom stereocenters. The topological polar surface area (TPSA) is 132 Å². The predicted molar refractivity (Wildman–Crippen MR) is 155 cm³/mol. The summed E-state index contributed by atoms with van der Waals surface area (Å²) in [7, 11) is 2.87. The molecule has 41 heavy (non-hydrogen) atoms. The van der Waals surface area contributed by atoms with Crippen molar-refractivity contribution in [3.8, 4) is 0 Å². The van der Waals surface area contributed by atoms with E-state index in [4.69, 9.17) is 4.74 Å². The van der Waals surface area contributed by atoms with Crippen molar-refractivity contribution >= 4 is 58.1 Å². The molecule has 2 aliphatic rings. The van der Waals surface area contributed by atoms with Gasteiger partial charge in [0.05, 0.1) is 36.0 Å². The molecule has 0 bridgehead atoms. The van der Waals surface area contributed by atoms with Crippen LogP contribution in [0, 0.1) is 0 Å². The number of likely N-dealkylation sites (N-methyl/N-ethyl adjacent to an activating group) is 1. The van der Waals surface area contributed by atoms with Gasteiger partial charge in [0.2, 0.25) is 5.91 Å². The molecular formula is C28H29N5O7S. The summed E-state index contributed by atoms with van der Waals surface area (Å²) in [5.74, 6) is -0.254. The van der Waals surface area contributed by atoms with Crippen LogP contribution >= 0.6 is 11.8 Å². The van der Waals surface area contributed by atoms with E-state index < -0.39 is 29.5 Å². The first-order valence-corrected chi connectivity index (χ1v) is 14.0. The third kappa shape index (κ3) is 5.63. The number of cyclic esters (lactones) is 1. The minimum atomic E-state index is -0.586. The second kappa shape index (κ2) is 11.6. The first-order valence-electron chi connectivity index (χ1n) is 13.0. The van der Waals surface area contributed by atoms with Crippen molar-refractivity contribution in [1.82, 2.24) is 14.0 Å². The second-order valence-electron chi connectivity index (χ2n) is 9.53. The lowest BCUT2D eigenvalue weighted by atomic mass is 10.1. The predicted octanol–water partition coefficient (Wildman–Crippen LogP) is 2.24. The van der Waals surface area contributed by atoms with Crippen LogP contribution < -0.4 is 21.5 Å². The zero-order valence-corrected chi connectivity index (χ0v) is 23.6. The maximum absolute atomic E-state index is 13.3. The van der Waals surface area contributed by atoms with Gasteiger partial charge < -0.3 is 14.8 Å². The number of hydrogen-bond acceptors (Lipinski definition) is 9. The van der Waals surface area contributed by atoms with Crippen molar-refractivity contribution in [3.63, 3.8) is 0 Å². The number of carbonyl (C=O) groups is 3. The molecule has 0 saturated carbocycles. The standard InChI is InChI=1S/C28H29N5O7S/c1-4-31(24-15-33(28(38)40-24)18-7-9-22-20(14-18)29-23(34)16-41-22)11-12-32-26(36)19-8-5-17(6-10-25(35)39-3)13-21(19)30(2)27(32)37/h5-10,13-14,24H,4,11-12,15-16H2,1-3H3,(H,29,34)/b10-6+. The molecule has 214 valence electrons. The highest BCUT2D eigenvalue weighted by molar-refractivity contribution is 8.00. The Kier molecular flexibility index (Phi) is 7.99. The molecule has 2 amide bonds. The van der Waals surface area contributed by atoms with Gasteiger partial charge in [-0.05, 0) is 48.5 Å². The van der Waals surface area contributed by atoms with Gasteiger partial charge in [-0.2, -0.15) is 0 Å². The van der Waals surface area contributed by atoms with E-state index in [0.717, 1.165) is 4.90 Å². The van der Waals surface area contributed by atoms with Crippen LogP contribution in [0.15, 0.2) is 57.0 Å². The Morgan fingerprint density at radius 2 is 2.00 bits per heavy atom. The molecule has 5 rings (SSSR count). The number of esters is 1. The van der Waals surface area contributed by atoms with E-state index in [-0.39, 0.29) is 19.0 Å². The summed E-state index contributed by atoms with van der Waals surface area (Å²) < 4.78 is 12.8.